The fraction of sp³-hybridized carbons (Fsp3) is 0.625. The van der Waals surface area contributed by atoms with E-state index in [1.165, 1.54) is 25.8 Å². The van der Waals surface area contributed by atoms with Crippen LogP contribution in [0.4, 0.5) is 0 Å². The van der Waals surface area contributed by atoms with E-state index in [0.29, 0.717) is 10.8 Å². The largest absolute Gasteiger partial charge is 0.319 e. The molecule has 0 heterocycles. The molecule has 1 N–H and O–H groups in total. The van der Waals surface area contributed by atoms with Crippen LogP contribution in [0.5, 0.6) is 0 Å². The average molecular weight is 229 g/mol. The molecular formula is C16H23N. The number of rotatable bonds is 2. The van der Waals surface area contributed by atoms with Gasteiger partial charge in [-0.2, -0.15) is 0 Å². The lowest BCUT2D eigenvalue weighted by Crippen LogP contribution is -2.31. The van der Waals surface area contributed by atoms with Gasteiger partial charge in [-0.1, -0.05) is 38.1 Å². The highest BCUT2D eigenvalue weighted by atomic mass is 14.8. The van der Waals surface area contributed by atoms with Crippen molar-refractivity contribution in [3.05, 3.63) is 35.4 Å². The summed E-state index contributed by atoms with van der Waals surface area (Å²) in [6, 6.07) is 9.16. The summed E-state index contributed by atoms with van der Waals surface area (Å²) in [5, 5.41) is 3.35. The first kappa shape index (κ1) is 11.3. The van der Waals surface area contributed by atoms with E-state index in [-0.39, 0.29) is 0 Å². The first-order valence-electron chi connectivity index (χ1n) is 6.85. The molecule has 0 aromatic heterocycles. The van der Waals surface area contributed by atoms with Gasteiger partial charge in [-0.05, 0) is 55.3 Å². The SMILES string of the molecule is CNCC1CC12CCC(C)(C)c1ccccc12. The predicted molar refractivity (Wildman–Crippen MR) is 72.4 cm³/mol. The zero-order valence-corrected chi connectivity index (χ0v) is 11.2. The van der Waals surface area contributed by atoms with Gasteiger partial charge in [0.1, 0.15) is 0 Å². The molecule has 2 atom stereocenters. The molecule has 1 nitrogen and oxygen atoms in total. The monoisotopic (exact) mass is 229 g/mol. The molecule has 2 aliphatic rings. The molecule has 0 amide bonds. The molecule has 3 rings (SSSR count). The summed E-state index contributed by atoms with van der Waals surface area (Å²) >= 11 is 0. The Kier molecular flexibility index (Phi) is 2.38. The minimum absolute atomic E-state index is 0.370. The Morgan fingerprint density at radius 1 is 1.18 bits per heavy atom. The highest BCUT2D eigenvalue weighted by molar-refractivity contribution is 5.46. The fourth-order valence-corrected chi connectivity index (χ4v) is 3.84. The second-order valence-electron chi connectivity index (χ2n) is 6.54. The van der Waals surface area contributed by atoms with Gasteiger partial charge in [0, 0.05) is 5.41 Å². The van der Waals surface area contributed by atoms with Crippen LogP contribution in [0.1, 0.15) is 44.2 Å². The number of benzene rings is 1. The zero-order valence-electron chi connectivity index (χ0n) is 11.2. The molecule has 1 aromatic rings. The molecule has 1 heteroatoms. The van der Waals surface area contributed by atoms with E-state index >= 15 is 0 Å². The minimum Gasteiger partial charge on any atom is -0.319 e. The topological polar surface area (TPSA) is 12.0 Å². The summed E-state index contributed by atoms with van der Waals surface area (Å²) in [6.45, 7) is 5.97. The van der Waals surface area contributed by atoms with Gasteiger partial charge in [-0.3, -0.25) is 0 Å². The van der Waals surface area contributed by atoms with Crippen LogP contribution >= 0.6 is 0 Å². The smallest absolute Gasteiger partial charge is 0.0000322 e. The maximum Gasteiger partial charge on any atom is 0.0000322 e. The summed E-state index contributed by atoms with van der Waals surface area (Å²) in [7, 11) is 2.07. The van der Waals surface area contributed by atoms with Gasteiger partial charge in [0.25, 0.3) is 0 Å². The van der Waals surface area contributed by atoms with Crippen molar-refractivity contribution in [3.8, 4) is 0 Å². The number of hydrogen-bond donors (Lipinski definition) is 1. The van der Waals surface area contributed by atoms with Crippen LogP contribution in [0.3, 0.4) is 0 Å². The maximum absolute atomic E-state index is 3.35. The van der Waals surface area contributed by atoms with E-state index in [2.05, 4.69) is 50.5 Å². The van der Waals surface area contributed by atoms with Crippen LogP contribution in [0.15, 0.2) is 24.3 Å². The molecule has 1 spiro atoms. The summed E-state index contributed by atoms with van der Waals surface area (Å²) in [5.41, 5.74) is 4.14. The van der Waals surface area contributed by atoms with Crippen LogP contribution in [0.2, 0.25) is 0 Å². The Morgan fingerprint density at radius 3 is 2.59 bits per heavy atom. The van der Waals surface area contributed by atoms with Crippen molar-refractivity contribution in [1.29, 1.82) is 0 Å². The number of hydrogen-bond acceptors (Lipinski definition) is 1. The molecule has 0 radical (unpaired) electrons. The lowest BCUT2D eigenvalue weighted by Gasteiger charge is -2.38. The maximum atomic E-state index is 3.35. The van der Waals surface area contributed by atoms with E-state index < -0.39 is 0 Å². The highest BCUT2D eigenvalue weighted by Crippen LogP contribution is 2.62. The summed E-state index contributed by atoms with van der Waals surface area (Å²) in [5.74, 6) is 0.866. The molecular weight excluding hydrogens is 206 g/mol. The third kappa shape index (κ3) is 1.55. The second-order valence-corrected chi connectivity index (χ2v) is 6.54. The molecule has 1 fully saturated rings. The number of nitrogens with one attached hydrogen (secondary N) is 1. The standard InChI is InChI=1S/C16H23N/c1-15(2)8-9-16(10-12(16)11-17-3)14-7-5-4-6-13(14)15/h4-7,12,17H,8-11H2,1-3H3. The van der Waals surface area contributed by atoms with E-state index in [1.54, 1.807) is 11.1 Å². The van der Waals surface area contributed by atoms with E-state index in [4.69, 9.17) is 0 Å². The first-order chi connectivity index (χ1) is 8.10. The normalized spacial score (nSPS) is 33.5. The molecule has 2 aliphatic carbocycles. The molecule has 1 aromatic carbocycles. The van der Waals surface area contributed by atoms with Gasteiger partial charge in [-0.15, -0.1) is 0 Å². The molecule has 17 heavy (non-hydrogen) atoms. The average Bonchev–Trinajstić information content (AvgIpc) is 3.01. The van der Waals surface area contributed by atoms with Crippen molar-refractivity contribution in [2.45, 2.75) is 43.9 Å². The van der Waals surface area contributed by atoms with E-state index in [0.717, 1.165) is 5.92 Å². The highest BCUT2D eigenvalue weighted by Gasteiger charge is 2.57. The van der Waals surface area contributed by atoms with Gasteiger partial charge in [0.2, 0.25) is 0 Å². The molecule has 0 saturated heterocycles. The Hall–Kier alpha value is -0.820. The first-order valence-corrected chi connectivity index (χ1v) is 6.85. The zero-order chi connectivity index (χ0) is 12.1. The van der Waals surface area contributed by atoms with Crippen LogP contribution in [0, 0.1) is 5.92 Å². The Balaban J connectivity index is 2.02. The summed E-state index contributed by atoms with van der Waals surface area (Å²) < 4.78 is 0. The van der Waals surface area contributed by atoms with E-state index in [9.17, 15) is 0 Å². The van der Waals surface area contributed by atoms with Crippen LogP contribution < -0.4 is 5.32 Å². The lowest BCUT2D eigenvalue weighted by molar-refractivity contribution is 0.365. The van der Waals surface area contributed by atoms with Crippen molar-refractivity contribution in [2.24, 2.45) is 5.92 Å². The van der Waals surface area contributed by atoms with Crippen molar-refractivity contribution < 1.29 is 0 Å². The van der Waals surface area contributed by atoms with Gasteiger partial charge in [-0.25, -0.2) is 0 Å². The fourth-order valence-electron chi connectivity index (χ4n) is 3.84. The van der Waals surface area contributed by atoms with Gasteiger partial charge in [0.15, 0.2) is 0 Å². The Labute approximate surface area is 105 Å². The van der Waals surface area contributed by atoms with E-state index in [1.807, 2.05) is 0 Å². The van der Waals surface area contributed by atoms with Crippen LogP contribution in [-0.2, 0) is 10.8 Å². The Morgan fingerprint density at radius 2 is 1.88 bits per heavy atom. The third-order valence-electron chi connectivity index (χ3n) is 5.07. The van der Waals surface area contributed by atoms with Crippen molar-refractivity contribution in [3.63, 3.8) is 0 Å². The van der Waals surface area contributed by atoms with Gasteiger partial charge >= 0.3 is 0 Å². The van der Waals surface area contributed by atoms with Crippen molar-refractivity contribution >= 4 is 0 Å². The van der Waals surface area contributed by atoms with Gasteiger partial charge < -0.3 is 5.32 Å². The Bertz CT molecular complexity index is 435. The molecule has 0 aliphatic heterocycles. The second kappa shape index (κ2) is 3.58. The molecule has 2 unspecified atom stereocenters. The minimum atomic E-state index is 0.370. The summed E-state index contributed by atoms with van der Waals surface area (Å²) in [6.07, 6.45) is 4.11. The lowest BCUT2D eigenvalue weighted by atomic mass is 9.66. The molecule has 92 valence electrons. The predicted octanol–water partition coefficient (Wildman–Crippen LogP) is 3.24. The third-order valence-corrected chi connectivity index (χ3v) is 5.07. The molecule has 0 bridgehead atoms. The van der Waals surface area contributed by atoms with Gasteiger partial charge in [0.05, 0.1) is 0 Å². The van der Waals surface area contributed by atoms with Crippen LogP contribution in [0.25, 0.3) is 0 Å². The van der Waals surface area contributed by atoms with Crippen molar-refractivity contribution in [1.82, 2.24) is 5.32 Å². The molecule has 1 saturated carbocycles. The van der Waals surface area contributed by atoms with Crippen molar-refractivity contribution in [2.75, 3.05) is 13.6 Å². The quantitative estimate of drug-likeness (QED) is 0.821. The summed E-state index contributed by atoms with van der Waals surface area (Å²) in [4.78, 5) is 0. The van der Waals surface area contributed by atoms with Crippen LogP contribution in [-0.4, -0.2) is 13.6 Å². The number of fused-ring (bicyclic) bond motifs is 2.